The third kappa shape index (κ3) is 4.95. The highest BCUT2D eigenvalue weighted by Gasteiger charge is 2.37. The van der Waals surface area contributed by atoms with Crippen molar-refractivity contribution in [3.8, 4) is 0 Å². The second-order valence-electron chi connectivity index (χ2n) is 10.4. The highest BCUT2D eigenvalue weighted by Crippen LogP contribution is 2.40. The third-order valence-corrected chi connectivity index (χ3v) is 7.38. The number of alkyl carbamates (subject to hydrolysis) is 1. The Labute approximate surface area is 198 Å². The van der Waals surface area contributed by atoms with E-state index in [4.69, 9.17) is 9.72 Å². The lowest BCUT2D eigenvalue weighted by molar-refractivity contribution is 0.0442. The van der Waals surface area contributed by atoms with Crippen LogP contribution >= 0.6 is 0 Å². The molecule has 2 atom stereocenters. The number of imidazole rings is 1. The van der Waals surface area contributed by atoms with Gasteiger partial charge in [0.1, 0.15) is 11.8 Å². The molecule has 1 saturated heterocycles. The van der Waals surface area contributed by atoms with Crippen molar-refractivity contribution in [3.63, 3.8) is 0 Å². The number of urea groups is 1. The second kappa shape index (κ2) is 9.03. The molecule has 0 unspecified atom stereocenters. The molecular weight excluding hydrogens is 439 g/mol. The van der Waals surface area contributed by atoms with Gasteiger partial charge in [-0.1, -0.05) is 0 Å². The van der Waals surface area contributed by atoms with Gasteiger partial charge in [0.05, 0.1) is 24.1 Å². The number of amides is 3. The molecule has 2 aliphatic carbocycles. The Morgan fingerprint density at radius 1 is 1.35 bits per heavy atom. The number of nitrogens with one attached hydrogen (secondary N) is 2. The van der Waals surface area contributed by atoms with Crippen LogP contribution in [-0.4, -0.2) is 56.0 Å². The second-order valence-corrected chi connectivity index (χ2v) is 10.4. The number of fused-ring (bicyclic) bond motifs is 1. The molecule has 0 radical (unpaired) electrons. The molecule has 0 spiro atoms. The molecule has 3 fully saturated rings. The van der Waals surface area contributed by atoms with Crippen molar-refractivity contribution in [3.05, 3.63) is 29.7 Å². The van der Waals surface area contributed by atoms with Gasteiger partial charge in [0.2, 0.25) is 0 Å². The van der Waals surface area contributed by atoms with E-state index in [0.29, 0.717) is 50.1 Å². The highest BCUT2D eigenvalue weighted by atomic mass is 19.1. The summed E-state index contributed by atoms with van der Waals surface area (Å²) in [5.41, 5.74) is 1.05. The molecule has 1 aliphatic heterocycles. The van der Waals surface area contributed by atoms with E-state index in [-0.39, 0.29) is 30.1 Å². The van der Waals surface area contributed by atoms with Crippen molar-refractivity contribution in [2.24, 2.45) is 5.92 Å². The van der Waals surface area contributed by atoms with Crippen LogP contribution in [0.3, 0.4) is 0 Å². The average molecular weight is 473 g/mol. The molecule has 2 saturated carbocycles. The van der Waals surface area contributed by atoms with E-state index >= 15 is 0 Å². The lowest BCUT2D eigenvalue weighted by Crippen LogP contribution is -2.40. The lowest BCUT2D eigenvalue weighted by Gasteiger charge is -2.35. The number of hydrogen-bond acceptors (Lipinski definition) is 5. The van der Waals surface area contributed by atoms with Crippen LogP contribution < -0.4 is 10.6 Å². The maximum Gasteiger partial charge on any atom is 0.407 e. The Balaban J connectivity index is 1.35. The van der Waals surface area contributed by atoms with Crippen LogP contribution in [0.2, 0.25) is 0 Å². The number of aromatic nitrogens is 3. The van der Waals surface area contributed by atoms with E-state index < -0.39 is 11.8 Å². The van der Waals surface area contributed by atoms with E-state index in [1.807, 2.05) is 19.2 Å². The first-order chi connectivity index (χ1) is 16.3. The SMILES string of the molecule is C[C@@H]1CN(Cc2cnn3cc([C@@H](NC(=O)OC4CCC4)C4CCC(C)(F)CC4)nc3c2)C(=O)N1. The Bertz CT molecular complexity index is 1060. The van der Waals surface area contributed by atoms with Crippen molar-refractivity contribution in [1.82, 2.24) is 30.1 Å². The minimum absolute atomic E-state index is 0.0167. The van der Waals surface area contributed by atoms with Gasteiger partial charge in [-0.25, -0.2) is 23.5 Å². The number of halogens is 1. The zero-order chi connectivity index (χ0) is 23.9. The van der Waals surface area contributed by atoms with Gasteiger partial charge in [0.15, 0.2) is 5.65 Å². The largest absolute Gasteiger partial charge is 0.446 e. The standard InChI is InChI=1S/C24H33FN6O3/c1-15-12-30(22(32)27-15)13-16-10-20-28-19(14-31(20)26-11-16)21(17-6-8-24(2,25)9-7-17)29-23(33)34-18-4-3-5-18/h10-11,14-15,17-18,21H,3-9,12-13H2,1-2H3,(H,27,32)(H,29,33)/t15-,17?,21+,24?/m1/s1. The van der Waals surface area contributed by atoms with Crippen molar-refractivity contribution >= 4 is 17.8 Å². The topological polar surface area (TPSA) is 101 Å². The van der Waals surface area contributed by atoms with Gasteiger partial charge in [-0.2, -0.15) is 5.10 Å². The van der Waals surface area contributed by atoms with Gasteiger partial charge in [0, 0.05) is 19.1 Å². The normalized spacial score (nSPS) is 28.4. The average Bonchev–Trinajstić information content (AvgIpc) is 3.31. The Morgan fingerprint density at radius 2 is 2.12 bits per heavy atom. The van der Waals surface area contributed by atoms with Crippen molar-refractivity contribution in [2.45, 2.75) is 89.2 Å². The molecule has 0 aromatic carbocycles. The minimum atomic E-state index is -1.16. The van der Waals surface area contributed by atoms with E-state index in [2.05, 4.69) is 15.7 Å². The summed E-state index contributed by atoms with van der Waals surface area (Å²) >= 11 is 0. The fraction of sp³-hybridized carbons (Fsp3) is 0.667. The van der Waals surface area contributed by atoms with Gasteiger partial charge < -0.3 is 20.3 Å². The first-order valence-corrected chi connectivity index (χ1v) is 12.3. The molecule has 2 aromatic heterocycles. The number of rotatable bonds is 6. The molecule has 34 heavy (non-hydrogen) atoms. The molecule has 10 heteroatoms. The minimum Gasteiger partial charge on any atom is -0.446 e. The van der Waals surface area contributed by atoms with Crippen LogP contribution in [0.4, 0.5) is 14.0 Å². The molecule has 3 heterocycles. The van der Waals surface area contributed by atoms with E-state index in [1.54, 1.807) is 22.5 Å². The Kier molecular flexibility index (Phi) is 6.07. The van der Waals surface area contributed by atoms with Gasteiger partial charge in [-0.05, 0) is 76.3 Å². The van der Waals surface area contributed by atoms with Crippen LogP contribution in [0, 0.1) is 5.92 Å². The maximum atomic E-state index is 14.5. The van der Waals surface area contributed by atoms with Crippen molar-refractivity contribution < 1.29 is 18.7 Å². The summed E-state index contributed by atoms with van der Waals surface area (Å²) in [6, 6.07) is 1.58. The van der Waals surface area contributed by atoms with Crippen LogP contribution in [-0.2, 0) is 11.3 Å². The van der Waals surface area contributed by atoms with Gasteiger partial charge in [-0.3, -0.25) is 0 Å². The zero-order valence-corrected chi connectivity index (χ0v) is 19.8. The number of ether oxygens (including phenoxy) is 1. The van der Waals surface area contributed by atoms with Crippen LogP contribution in [0.25, 0.3) is 5.65 Å². The Morgan fingerprint density at radius 3 is 2.76 bits per heavy atom. The maximum absolute atomic E-state index is 14.5. The molecule has 2 N–H and O–H groups in total. The van der Waals surface area contributed by atoms with E-state index in [9.17, 15) is 14.0 Å². The molecular formula is C24H33FN6O3. The summed E-state index contributed by atoms with van der Waals surface area (Å²) in [5, 5.41) is 10.4. The van der Waals surface area contributed by atoms with Crippen molar-refractivity contribution in [2.75, 3.05) is 6.54 Å². The van der Waals surface area contributed by atoms with Crippen LogP contribution in [0.1, 0.15) is 76.1 Å². The fourth-order valence-electron chi connectivity index (χ4n) is 5.10. The molecule has 3 amide bonds. The first kappa shape index (κ1) is 22.9. The van der Waals surface area contributed by atoms with Gasteiger partial charge >= 0.3 is 12.1 Å². The summed E-state index contributed by atoms with van der Waals surface area (Å²) < 4.78 is 21.7. The van der Waals surface area contributed by atoms with E-state index in [0.717, 1.165) is 24.8 Å². The predicted octanol–water partition coefficient (Wildman–Crippen LogP) is 3.88. The predicted molar refractivity (Wildman–Crippen MR) is 123 cm³/mol. The number of carbonyl (C=O) groups is 2. The summed E-state index contributed by atoms with van der Waals surface area (Å²) in [7, 11) is 0. The highest BCUT2D eigenvalue weighted by molar-refractivity contribution is 5.76. The fourth-order valence-corrected chi connectivity index (χ4v) is 5.10. The Hall–Kier alpha value is -2.91. The van der Waals surface area contributed by atoms with E-state index in [1.165, 1.54) is 0 Å². The summed E-state index contributed by atoms with van der Waals surface area (Å²) in [6.45, 7) is 4.72. The zero-order valence-electron chi connectivity index (χ0n) is 19.8. The first-order valence-electron chi connectivity index (χ1n) is 12.3. The molecule has 2 aromatic rings. The molecule has 184 valence electrons. The van der Waals surface area contributed by atoms with Gasteiger partial charge in [0.25, 0.3) is 0 Å². The number of alkyl halides is 1. The molecule has 5 rings (SSSR count). The summed E-state index contributed by atoms with van der Waals surface area (Å²) in [4.78, 5) is 31.2. The third-order valence-electron chi connectivity index (χ3n) is 7.38. The summed E-state index contributed by atoms with van der Waals surface area (Å²) in [5.74, 6) is 0.0666. The smallest absolute Gasteiger partial charge is 0.407 e. The lowest BCUT2D eigenvalue weighted by atomic mass is 9.77. The molecule has 0 bridgehead atoms. The van der Waals surface area contributed by atoms with Gasteiger partial charge in [-0.15, -0.1) is 0 Å². The summed E-state index contributed by atoms with van der Waals surface area (Å²) in [6.07, 6.45) is 8.22. The molecule has 3 aliphatic rings. The van der Waals surface area contributed by atoms with Crippen LogP contribution in [0.5, 0.6) is 0 Å². The van der Waals surface area contributed by atoms with Crippen LogP contribution in [0.15, 0.2) is 18.5 Å². The number of hydrogen-bond donors (Lipinski definition) is 2. The quantitative estimate of drug-likeness (QED) is 0.665. The van der Waals surface area contributed by atoms with Crippen molar-refractivity contribution in [1.29, 1.82) is 0 Å². The number of nitrogens with zero attached hydrogens (tertiary/aromatic N) is 4. The number of carbonyl (C=O) groups excluding carboxylic acids is 2. The monoisotopic (exact) mass is 472 g/mol. The molecule has 9 nitrogen and oxygen atoms in total.